The molecule has 2 heterocycles. The summed E-state index contributed by atoms with van der Waals surface area (Å²) < 4.78 is 18.1. The highest BCUT2D eigenvalue weighted by Gasteiger charge is 2.20. The Labute approximate surface area is 118 Å². The molecule has 2 aromatic heterocycles. The number of halogens is 2. The molecule has 0 bridgehead atoms. The Balaban J connectivity index is 2.22. The van der Waals surface area contributed by atoms with E-state index in [0.717, 1.165) is 0 Å². The molecule has 0 spiro atoms. The third-order valence-corrected chi connectivity index (χ3v) is 3.07. The van der Waals surface area contributed by atoms with E-state index in [4.69, 9.17) is 21.9 Å². The number of rotatable bonds is 2. The van der Waals surface area contributed by atoms with E-state index in [-0.39, 0.29) is 10.9 Å². The summed E-state index contributed by atoms with van der Waals surface area (Å²) in [5.74, 6) is -0.337. The monoisotopic (exact) mass is 290 g/mol. The van der Waals surface area contributed by atoms with E-state index in [1.54, 1.807) is 12.4 Å². The Hall–Kier alpha value is -2.47. The maximum atomic E-state index is 13.1. The lowest BCUT2D eigenvalue weighted by Gasteiger charge is -2.04. The average Bonchev–Trinajstić information content (AvgIpc) is 2.82. The third-order valence-electron chi connectivity index (χ3n) is 2.75. The van der Waals surface area contributed by atoms with Crippen molar-refractivity contribution in [1.82, 2.24) is 15.1 Å². The number of anilines is 1. The lowest BCUT2D eigenvalue weighted by Crippen LogP contribution is -1.90. The van der Waals surface area contributed by atoms with Crippen LogP contribution in [0.1, 0.15) is 0 Å². The number of hydrogen-bond acceptors (Lipinski definition) is 5. The van der Waals surface area contributed by atoms with Gasteiger partial charge in [0.15, 0.2) is 0 Å². The summed E-state index contributed by atoms with van der Waals surface area (Å²) >= 11 is 6.06. The molecule has 0 radical (unpaired) electrons. The lowest BCUT2D eigenvalue weighted by atomic mass is 10.0. The van der Waals surface area contributed by atoms with Crippen LogP contribution >= 0.6 is 11.6 Å². The van der Waals surface area contributed by atoms with Gasteiger partial charge in [-0.2, -0.15) is 0 Å². The minimum atomic E-state index is -0.432. The SMILES string of the molecule is Nc1onc(-c2cncnc2)c1-c1ccc(F)cc1Cl. The van der Waals surface area contributed by atoms with E-state index in [9.17, 15) is 4.39 Å². The molecule has 1 aromatic carbocycles. The summed E-state index contributed by atoms with van der Waals surface area (Å²) in [6.45, 7) is 0. The molecular formula is C13H8ClFN4O. The fraction of sp³-hybridized carbons (Fsp3) is 0. The van der Waals surface area contributed by atoms with E-state index in [2.05, 4.69) is 15.1 Å². The summed E-state index contributed by atoms with van der Waals surface area (Å²) in [5.41, 5.74) is 7.90. The first-order valence-electron chi connectivity index (χ1n) is 5.63. The van der Waals surface area contributed by atoms with Crippen molar-refractivity contribution in [1.29, 1.82) is 0 Å². The van der Waals surface area contributed by atoms with Gasteiger partial charge in [0.25, 0.3) is 0 Å². The van der Waals surface area contributed by atoms with Crippen LogP contribution in [0.25, 0.3) is 22.4 Å². The zero-order valence-corrected chi connectivity index (χ0v) is 10.8. The molecule has 0 saturated carbocycles. The van der Waals surface area contributed by atoms with Crippen LogP contribution in [-0.4, -0.2) is 15.1 Å². The summed E-state index contributed by atoms with van der Waals surface area (Å²) in [6, 6.07) is 4.02. The minimum absolute atomic E-state index is 0.0948. The van der Waals surface area contributed by atoms with Gasteiger partial charge in [0, 0.05) is 23.5 Å². The van der Waals surface area contributed by atoms with Crippen molar-refractivity contribution >= 4 is 17.5 Å². The summed E-state index contributed by atoms with van der Waals surface area (Å²) in [4.78, 5) is 7.83. The van der Waals surface area contributed by atoms with Crippen LogP contribution < -0.4 is 5.73 Å². The van der Waals surface area contributed by atoms with Gasteiger partial charge in [0.1, 0.15) is 17.8 Å². The van der Waals surface area contributed by atoms with E-state index < -0.39 is 5.82 Å². The van der Waals surface area contributed by atoms with E-state index in [1.807, 2.05) is 0 Å². The van der Waals surface area contributed by atoms with Crippen molar-refractivity contribution in [2.24, 2.45) is 0 Å². The number of benzene rings is 1. The summed E-state index contributed by atoms with van der Waals surface area (Å²) in [6.07, 6.45) is 4.55. The molecule has 0 atom stereocenters. The zero-order valence-electron chi connectivity index (χ0n) is 10.0. The van der Waals surface area contributed by atoms with E-state index >= 15 is 0 Å². The molecule has 5 nitrogen and oxygen atoms in total. The van der Waals surface area contributed by atoms with Crippen LogP contribution in [0.3, 0.4) is 0 Å². The maximum Gasteiger partial charge on any atom is 0.230 e. The number of nitrogen functional groups attached to an aromatic ring is 1. The van der Waals surface area contributed by atoms with Crippen molar-refractivity contribution in [2.45, 2.75) is 0 Å². The van der Waals surface area contributed by atoms with Crippen LogP contribution in [0.5, 0.6) is 0 Å². The molecule has 3 aromatic rings. The van der Waals surface area contributed by atoms with Crippen LogP contribution in [-0.2, 0) is 0 Å². The fourth-order valence-corrected chi connectivity index (χ4v) is 2.14. The molecule has 100 valence electrons. The van der Waals surface area contributed by atoms with Crippen LogP contribution in [0, 0.1) is 5.82 Å². The summed E-state index contributed by atoms with van der Waals surface area (Å²) in [5, 5.41) is 4.11. The molecule has 0 aliphatic carbocycles. The molecular weight excluding hydrogens is 283 g/mol. The number of nitrogens with two attached hydrogens (primary N) is 1. The van der Waals surface area contributed by atoms with Crippen molar-refractivity contribution in [2.75, 3.05) is 5.73 Å². The minimum Gasteiger partial charge on any atom is -0.367 e. The average molecular weight is 291 g/mol. The lowest BCUT2D eigenvalue weighted by molar-refractivity contribution is 0.439. The van der Waals surface area contributed by atoms with Gasteiger partial charge in [0.2, 0.25) is 5.88 Å². The first-order chi connectivity index (χ1) is 9.66. The topological polar surface area (TPSA) is 77.8 Å². The van der Waals surface area contributed by atoms with Crippen molar-refractivity contribution < 1.29 is 8.91 Å². The van der Waals surface area contributed by atoms with Gasteiger partial charge < -0.3 is 10.3 Å². The molecule has 0 saturated heterocycles. The largest absolute Gasteiger partial charge is 0.367 e. The fourth-order valence-electron chi connectivity index (χ4n) is 1.87. The predicted octanol–water partition coefficient (Wildman–Crippen LogP) is 3.17. The van der Waals surface area contributed by atoms with Crippen LogP contribution in [0.2, 0.25) is 5.02 Å². The maximum absolute atomic E-state index is 13.1. The first kappa shape index (κ1) is 12.6. The number of aromatic nitrogens is 3. The molecule has 0 aliphatic rings. The standard InChI is InChI=1S/C13H8ClFN4O/c14-10-3-8(15)1-2-9(10)11-12(19-20-13(11)16)7-4-17-6-18-5-7/h1-6H,16H2. The van der Waals surface area contributed by atoms with Crippen molar-refractivity contribution in [3.8, 4) is 22.4 Å². The van der Waals surface area contributed by atoms with E-state index in [1.165, 1.54) is 24.5 Å². The third kappa shape index (κ3) is 2.10. The molecule has 3 rings (SSSR count). The van der Waals surface area contributed by atoms with E-state index in [0.29, 0.717) is 22.4 Å². The second kappa shape index (κ2) is 4.90. The highest BCUT2D eigenvalue weighted by atomic mass is 35.5. The predicted molar refractivity (Wildman–Crippen MR) is 72.3 cm³/mol. The Morgan fingerprint density at radius 1 is 1.20 bits per heavy atom. The molecule has 7 heteroatoms. The highest BCUT2D eigenvalue weighted by molar-refractivity contribution is 6.33. The number of hydrogen-bond donors (Lipinski definition) is 1. The van der Waals surface area contributed by atoms with Crippen LogP contribution in [0.15, 0.2) is 41.4 Å². The first-order valence-corrected chi connectivity index (χ1v) is 6.00. The number of nitrogens with zero attached hydrogens (tertiary/aromatic N) is 3. The Bertz CT molecular complexity index is 760. The van der Waals surface area contributed by atoms with Gasteiger partial charge in [-0.05, 0) is 18.2 Å². The summed E-state index contributed by atoms with van der Waals surface area (Å²) in [7, 11) is 0. The Morgan fingerprint density at radius 2 is 1.95 bits per heavy atom. The van der Waals surface area contributed by atoms with Crippen molar-refractivity contribution in [3.05, 3.63) is 47.8 Å². The molecule has 0 unspecified atom stereocenters. The van der Waals surface area contributed by atoms with Gasteiger partial charge >= 0.3 is 0 Å². The molecule has 20 heavy (non-hydrogen) atoms. The Morgan fingerprint density at radius 3 is 2.65 bits per heavy atom. The van der Waals surface area contributed by atoms with Gasteiger partial charge in [-0.3, -0.25) is 0 Å². The second-order valence-electron chi connectivity index (χ2n) is 4.02. The second-order valence-corrected chi connectivity index (χ2v) is 4.43. The van der Waals surface area contributed by atoms with Gasteiger partial charge in [-0.1, -0.05) is 16.8 Å². The molecule has 0 fully saturated rings. The molecule has 2 N–H and O–H groups in total. The van der Waals surface area contributed by atoms with Gasteiger partial charge in [-0.15, -0.1) is 0 Å². The molecule has 0 aliphatic heterocycles. The smallest absolute Gasteiger partial charge is 0.230 e. The normalized spacial score (nSPS) is 10.7. The van der Waals surface area contributed by atoms with Gasteiger partial charge in [-0.25, -0.2) is 14.4 Å². The van der Waals surface area contributed by atoms with Gasteiger partial charge in [0.05, 0.1) is 10.6 Å². The highest BCUT2D eigenvalue weighted by Crippen LogP contribution is 2.39. The quantitative estimate of drug-likeness (QED) is 0.784. The van der Waals surface area contributed by atoms with Crippen molar-refractivity contribution in [3.63, 3.8) is 0 Å². The Kier molecular flexibility index (Phi) is 3.08. The molecule has 0 amide bonds. The zero-order chi connectivity index (χ0) is 14.1. The van der Waals surface area contributed by atoms with Crippen LogP contribution in [0.4, 0.5) is 10.3 Å².